The smallest absolute Gasteiger partial charge is 0.240 e. The maximum absolute atomic E-state index is 11.6. The average Bonchev–Trinajstić information content (AvgIpc) is 2.36. The highest BCUT2D eigenvalue weighted by Crippen LogP contribution is 2.27. The molecule has 1 atom stereocenters. The van der Waals surface area contributed by atoms with Crippen molar-refractivity contribution in [2.24, 2.45) is 5.73 Å². The average molecular weight is 292 g/mol. The van der Waals surface area contributed by atoms with Gasteiger partial charge in [0.05, 0.1) is 0 Å². The monoisotopic (exact) mass is 292 g/mol. The van der Waals surface area contributed by atoms with E-state index in [0.29, 0.717) is 6.54 Å². The molecule has 4 nitrogen and oxygen atoms in total. The summed E-state index contributed by atoms with van der Waals surface area (Å²) in [4.78, 5) is 11.6. The highest BCUT2D eigenvalue weighted by molar-refractivity contribution is 5.84. The lowest BCUT2D eigenvalue weighted by Gasteiger charge is -2.27. The first-order valence-electron chi connectivity index (χ1n) is 7.39. The van der Waals surface area contributed by atoms with E-state index in [-0.39, 0.29) is 12.0 Å². The van der Waals surface area contributed by atoms with Gasteiger partial charge in [-0.3, -0.25) is 4.79 Å². The van der Waals surface area contributed by atoms with Crippen molar-refractivity contribution in [3.63, 3.8) is 0 Å². The van der Waals surface area contributed by atoms with E-state index in [4.69, 9.17) is 10.5 Å². The number of likely N-dealkylation sites (N-methyl/N-ethyl adjacent to an activating group) is 1. The Balaban J connectivity index is 2.87. The van der Waals surface area contributed by atoms with Crippen LogP contribution in [0.3, 0.4) is 0 Å². The standard InChI is InChI=1S/C17H28N2O2/c1-7-19-17(6,15(18)20)11-21-14-9-8-13(10-12(14)2)16(3,4)5/h8-10,19H,7,11H2,1-6H3,(H2,18,20). The van der Waals surface area contributed by atoms with E-state index >= 15 is 0 Å². The van der Waals surface area contributed by atoms with Crippen LogP contribution in [0.2, 0.25) is 0 Å². The Hall–Kier alpha value is -1.55. The van der Waals surface area contributed by atoms with Gasteiger partial charge in [-0.1, -0.05) is 39.8 Å². The molecule has 0 aromatic heterocycles. The topological polar surface area (TPSA) is 64.3 Å². The fourth-order valence-corrected chi connectivity index (χ4v) is 2.10. The van der Waals surface area contributed by atoms with Crippen LogP contribution in [-0.2, 0) is 10.2 Å². The van der Waals surface area contributed by atoms with Gasteiger partial charge in [-0.05, 0) is 43.0 Å². The summed E-state index contributed by atoms with van der Waals surface area (Å²) in [7, 11) is 0. The van der Waals surface area contributed by atoms with Crippen molar-refractivity contribution in [2.75, 3.05) is 13.2 Å². The SMILES string of the molecule is CCNC(C)(COc1ccc(C(C)(C)C)cc1C)C(N)=O. The summed E-state index contributed by atoms with van der Waals surface area (Å²) >= 11 is 0. The summed E-state index contributed by atoms with van der Waals surface area (Å²) in [5, 5.41) is 3.08. The van der Waals surface area contributed by atoms with Gasteiger partial charge in [-0.25, -0.2) is 0 Å². The first-order valence-corrected chi connectivity index (χ1v) is 7.39. The molecule has 4 heteroatoms. The Morgan fingerprint density at radius 3 is 2.33 bits per heavy atom. The highest BCUT2D eigenvalue weighted by atomic mass is 16.5. The second-order valence-electron chi connectivity index (χ2n) is 6.75. The van der Waals surface area contributed by atoms with Crippen LogP contribution in [0.15, 0.2) is 18.2 Å². The third-order valence-corrected chi connectivity index (χ3v) is 3.67. The minimum absolute atomic E-state index is 0.106. The number of ether oxygens (including phenoxy) is 1. The molecule has 0 aliphatic heterocycles. The normalized spacial score (nSPS) is 14.6. The molecule has 0 radical (unpaired) electrons. The number of nitrogens with two attached hydrogens (primary N) is 1. The quantitative estimate of drug-likeness (QED) is 0.847. The Bertz CT molecular complexity index is 506. The van der Waals surface area contributed by atoms with E-state index in [0.717, 1.165) is 11.3 Å². The molecule has 1 amide bonds. The van der Waals surface area contributed by atoms with Crippen molar-refractivity contribution in [1.82, 2.24) is 5.32 Å². The van der Waals surface area contributed by atoms with E-state index < -0.39 is 11.4 Å². The molecule has 0 fully saturated rings. The first-order chi connectivity index (χ1) is 9.60. The van der Waals surface area contributed by atoms with Gasteiger partial charge < -0.3 is 15.8 Å². The van der Waals surface area contributed by atoms with Crippen LogP contribution in [0.25, 0.3) is 0 Å². The molecule has 1 aromatic carbocycles. The van der Waals surface area contributed by atoms with Crippen LogP contribution in [0.5, 0.6) is 5.75 Å². The molecule has 21 heavy (non-hydrogen) atoms. The Morgan fingerprint density at radius 1 is 1.29 bits per heavy atom. The molecule has 3 N–H and O–H groups in total. The van der Waals surface area contributed by atoms with Crippen molar-refractivity contribution < 1.29 is 9.53 Å². The Kier molecular flexibility index (Phi) is 5.40. The van der Waals surface area contributed by atoms with Gasteiger partial charge in [-0.15, -0.1) is 0 Å². The zero-order chi connectivity index (χ0) is 16.3. The molecule has 0 aliphatic rings. The van der Waals surface area contributed by atoms with Gasteiger partial charge in [0, 0.05) is 0 Å². The predicted octanol–water partition coefficient (Wildman–Crippen LogP) is 2.52. The van der Waals surface area contributed by atoms with Gasteiger partial charge in [0.1, 0.15) is 17.9 Å². The molecule has 118 valence electrons. The molecule has 1 rings (SSSR count). The van der Waals surface area contributed by atoms with Gasteiger partial charge in [-0.2, -0.15) is 0 Å². The number of primary amides is 1. The predicted molar refractivity (Wildman–Crippen MR) is 86.7 cm³/mol. The maximum atomic E-state index is 11.6. The number of aryl methyl sites for hydroxylation is 1. The Labute approximate surface area is 128 Å². The number of hydrogen-bond donors (Lipinski definition) is 2. The number of carbonyl (C=O) groups is 1. The summed E-state index contributed by atoms with van der Waals surface area (Å²) < 4.78 is 5.82. The molecule has 0 bridgehead atoms. The number of benzene rings is 1. The van der Waals surface area contributed by atoms with E-state index in [9.17, 15) is 4.79 Å². The number of rotatable bonds is 6. The zero-order valence-electron chi connectivity index (χ0n) is 14.0. The zero-order valence-corrected chi connectivity index (χ0v) is 14.0. The summed E-state index contributed by atoms with van der Waals surface area (Å²) in [5.41, 5.74) is 7.03. The lowest BCUT2D eigenvalue weighted by molar-refractivity contribution is -0.124. The summed E-state index contributed by atoms with van der Waals surface area (Å²) in [6.45, 7) is 13.1. The van der Waals surface area contributed by atoms with Gasteiger partial charge in [0.15, 0.2) is 0 Å². The Morgan fingerprint density at radius 2 is 1.90 bits per heavy atom. The van der Waals surface area contributed by atoms with Crippen LogP contribution in [0.1, 0.15) is 45.7 Å². The van der Waals surface area contributed by atoms with Gasteiger partial charge in [0.25, 0.3) is 0 Å². The molecule has 1 aromatic rings. The third-order valence-electron chi connectivity index (χ3n) is 3.67. The second kappa shape index (κ2) is 6.48. The van der Waals surface area contributed by atoms with Crippen molar-refractivity contribution in [3.05, 3.63) is 29.3 Å². The highest BCUT2D eigenvalue weighted by Gasteiger charge is 2.31. The van der Waals surface area contributed by atoms with E-state index in [1.165, 1.54) is 5.56 Å². The summed E-state index contributed by atoms with van der Waals surface area (Å²) in [5.74, 6) is 0.377. The molecule has 0 spiro atoms. The van der Waals surface area contributed by atoms with Gasteiger partial charge in [0.2, 0.25) is 5.91 Å². The lowest BCUT2D eigenvalue weighted by atomic mass is 9.86. The lowest BCUT2D eigenvalue weighted by Crippen LogP contribution is -2.57. The maximum Gasteiger partial charge on any atom is 0.240 e. The largest absolute Gasteiger partial charge is 0.491 e. The number of carbonyl (C=O) groups excluding carboxylic acids is 1. The van der Waals surface area contributed by atoms with Crippen molar-refractivity contribution in [3.8, 4) is 5.75 Å². The number of nitrogens with one attached hydrogen (secondary N) is 1. The van der Waals surface area contributed by atoms with E-state index in [2.05, 4.69) is 38.2 Å². The van der Waals surface area contributed by atoms with Crippen molar-refractivity contribution >= 4 is 5.91 Å². The molecule has 0 aliphatic carbocycles. The minimum Gasteiger partial charge on any atom is -0.491 e. The summed E-state index contributed by atoms with van der Waals surface area (Å²) in [6, 6.07) is 6.16. The molecule has 0 heterocycles. The fourth-order valence-electron chi connectivity index (χ4n) is 2.10. The minimum atomic E-state index is -0.857. The van der Waals surface area contributed by atoms with Crippen LogP contribution < -0.4 is 15.8 Å². The van der Waals surface area contributed by atoms with Crippen LogP contribution >= 0.6 is 0 Å². The molecular formula is C17H28N2O2. The van der Waals surface area contributed by atoms with Crippen molar-refractivity contribution in [1.29, 1.82) is 0 Å². The number of amides is 1. The molecular weight excluding hydrogens is 264 g/mol. The third kappa shape index (κ3) is 4.46. The van der Waals surface area contributed by atoms with E-state index in [1.807, 2.05) is 19.9 Å². The molecule has 0 saturated heterocycles. The second-order valence-corrected chi connectivity index (χ2v) is 6.75. The van der Waals surface area contributed by atoms with Crippen molar-refractivity contribution in [2.45, 2.75) is 52.5 Å². The molecule has 1 unspecified atom stereocenters. The van der Waals surface area contributed by atoms with Crippen LogP contribution in [0.4, 0.5) is 0 Å². The first kappa shape index (κ1) is 17.5. The summed E-state index contributed by atoms with van der Waals surface area (Å²) in [6.07, 6.45) is 0. The molecule has 0 saturated carbocycles. The van der Waals surface area contributed by atoms with Gasteiger partial charge >= 0.3 is 0 Å². The van der Waals surface area contributed by atoms with Crippen LogP contribution in [-0.4, -0.2) is 24.6 Å². The fraction of sp³-hybridized carbons (Fsp3) is 0.588. The van der Waals surface area contributed by atoms with Crippen LogP contribution in [0, 0.1) is 6.92 Å². The van der Waals surface area contributed by atoms with E-state index in [1.54, 1.807) is 6.92 Å². The number of hydrogen-bond acceptors (Lipinski definition) is 3.